The van der Waals surface area contributed by atoms with Gasteiger partial charge in [-0.05, 0) is 48.9 Å². The number of hydrogen-bond acceptors (Lipinski definition) is 5. The van der Waals surface area contributed by atoms with Gasteiger partial charge in [-0.3, -0.25) is 4.79 Å². The zero-order chi connectivity index (χ0) is 21.8. The van der Waals surface area contributed by atoms with E-state index < -0.39 is 0 Å². The summed E-state index contributed by atoms with van der Waals surface area (Å²) in [6, 6.07) is 22.0. The monoisotopic (exact) mass is 413 g/mol. The minimum atomic E-state index is -0.176. The summed E-state index contributed by atoms with van der Waals surface area (Å²) >= 11 is 0. The van der Waals surface area contributed by atoms with Crippen molar-refractivity contribution in [2.75, 3.05) is 13.1 Å². The third-order valence-corrected chi connectivity index (χ3v) is 4.94. The number of aromatic nitrogens is 3. The second kappa shape index (κ2) is 8.81. The van der Waals surface area contributed by atoms with E-state index in [0.29, 0.717) is 35.9 Å². The number of phenols is 1. The van der Waals surface area contributed by atoms with E-state index in [2.05, 4.69) is 10.4 Å². The van der Waals surface area contributed by atoms with Crippen molar-refractivity contribution >= 4 is 5.91 Å². The maximum Gasteiger partial charge on any atom is 0.251 e. The third-order valence-electron chi connectivity index (χ3n) is 4.94. The predicted molar refractivity (Wildman–Crippen MR) is 120 cm³/mol. The van der Waals surface area contributed by atoms with Gasteiger partial charge in [0, 0.05) is 24.2 Å². The predicted octanol–water partition coefficient (Wildman–Crippen LogP) is 3.30. The first-order valence-corrected chi connectivity index (χ1v) is 9.98. The van der Waals surface area contributed by atoms with Crippen LogP contribution < -0.4 is 11.1 Å². The molecule has 4 N–H and O–H groups in total. The molecule has 0 atom stereocenters. The average molecular weight is 413 g/mol. The molecule has 4 rings (SSSR count). The topological polar surface area (TPSA) is 106 Å². The fraction of sp³-hybridized carbons (Fsp3) is 0.125. The number of nitrogens with one attached hydrogen (secondary N) is 1. The molecule has 1 amide bonds. The van der Waals surface area contributed by atoms with Crippen LogP contribution in [0.25, 0.3) is 28.5 Å². The van der Waals surface area contributed by atoms with Gasteiger partial charge < -0.3 is 16.2 Å². The van der Waals surface area contributed by atoms with Gasteiger partial charge in [-0.25, -0.2) is 9.67 Å². The van der Waals surface area contributed by atoms with Gasteiger partial charge in [0.2, 0.25) is 0 Å². The highest BCUT2D eigenvalue weighted by Crippen LogP contribution is 2.31. The van der Waals surface area contributed by atoms with Crippen LogP contribution in [-0.2, 0) is 0 Å². The van der Waals surface area contributed by atoms with Crippen molar-refractivity contribution in [3.63, 3.8) is 0 Å². The van der Waals surface area contributed by atoms with Gasteiger partial charge in [0.15, 0.2) is 11.6 Å². The van der Waals surface area contributed by atoms with Gasteiger partial charge in [-0.2, -0.15) is 0 Å². The summed E-state index contributed by atoms with van der Waals surface area (Å²) in [4.78, 5) is 16.9. The molecule has 0 saturated carbocycles. The van der Waals surface area contributed by atoms with Crippen molar-refractivity contribution in [2.24, 2.45) is 5.73 Å². The van der Waals surface area contributed by atoms with Crippen molar-refractivity contribution in [3.05, 3.63) is 83.9 Å². The Morgan fingerprint density at radius 2 is 1.68 bits per heavy atom. The number of carbonyl (C=O) groups excluding carboxylic acids is 1. The van der Waals surface area contributed by atoms with E-state index in [1.807, 2.05) is 49.4 Å². The second-order valence-electron chi connectivity index (χ2n) is 7.09. The van der Waals surface area contributed by atoms with Crippen molar-refractivity contribution in [2.45, 2.75) is 6.92 Å². The number of carbonyl (C=O) groups is 1. The fourth-order valence-electron chi connectivity index (χ4n) is 3.31. The zero-order valence-electron chi connectivity index (χ0n) is 17.1. The van der Waals surface area contributed by atoms with Gasteiger partial charge in [0.05, 0.1) is 11.3 Å². The molecule has 7 nitrogen and oxygen atoms in total. The van der Waals surface area contributed by atoms with Crippen LogP contribution in [0.4, 0.5) is 0 Å². The van der Waals surface area contributed by atoms with E-state index in [0.717, 1.165) is 16.8 Å². The van der Waals surface area contributed by atoms with E-state index in [9.17, 15) is 9.90 Å². The number of benzene rings is 3. The molecule has 0 unspecified atom stereocenters. The number of nitrogens with zero attached hydrogens (tertiary/aromatic N) is 3. The van der Waals surface area contributed by atoms with E-state index in [1.165, 1.54) is 0 Å². The van der Waals surface area contributed by atoms with Gasteiger partial charge in [0.25, 0.3) is 5.91 Å². The standard InChI is InChI=1S/C24H23N5O2/c1-16-6-2-3-7-19(16)23-27-22(20-8-4-5-9-21(20)30)28-29(23)18-12-10-17(11-13-18)24(31)26-15-14-25/h2-13,30H,14-15,25H2,1H3,(H,26,31). The number of aromatic hydroxyl groups is 1. The Kier molecular flexibility index (Phi) is 5.77. The first kappa shape index (κ1) is 20.3. The molecule has 7 heteroatoms. The Bertz CT molecular complexity index is 1210. The molecular formula is C24H23N5O2. The van der Waals surface area contributed by atoms with E-state index >= 15 is 0 Å². The molecule has 0 saturated heterocycles. The molecule has 3 aromatic carbocycles. The minimum absolute atomic E-state index is 0.114. The number of hydrogen-bond donors (Lipinski definition) is 3. The lowest BCUT2D eigenvalue weighted by Gasteiger charge is -2.09. The molecule has 0 aliphatic carbocycles. The Labute approximate surface area is 180 Å². The molecule has 0 aliphatic heterocycles. The third kappa shape index (κ3) is 4.17. The van der Waals surface area contributed by atoms with Crippen LogP contribution in [-0.4, -0.2) is 38.9 Å². The maximum absolute atomic E-state index is 12.2. The van der Waals surface area contributed by atoms with Crippen molar-refractivity contribution in [3.8, 4) is 34.2 Å². The lowest BCUT2D eigenvalue weighted by Crippen LogP contribution is -2.28. The molecule has 0 radical (unpaired) electrons. The van der Waals surface area contributed by atoms with Crippen molar-refractivity contribution < 1.29 is 9.90 Å². The Morgan fingerprint density at radius 1 is 1.00 bits per heavy atom. The number of rotatable bonds is 6. The van der Waals surface area contributed by atoms with Gasteiger partial charge in [-0.15, -0.1) is 5.10 Å². The van der Waals surface area contributed by atoms with Gasteiger partial charge in [-0.1, -0.05) is 36.4 Å². The first-order chi connectivity index (χ1) is 15.1. The van der Waals surface area contributed by atoms with Crippen LogP contribution in [0.2, 0.25) is 0 Å². The molecular weight excluding hydrogens is 390 g/mol. The van der Waals surface area contributed by atoms with E-state index in [-0.39, 0.29) is 11.7 Å². The van der Waals surface area contributed by atoms with Gasteiger partial charge in [0.1, 0.15) is 5.75 Å². The molecule has 156 valence electrons. The Hall–Kier alpha value is -3.97. The lowest BCUT2D eigenvalue weighted by molar-refractivity contribution is 0.0954. The molecule has 31 heavy (non-hydrogen) atoms. The molecule has 4 aromatic rings. The largest absolute Gasteiger partial charge is 0.507 e. The maximum atomic E-state index is 12.2. The second-order valence-corrected chi connectivity index (χ2v) is 7.09. The number of para-hydroxylation sites is 1. The van der Waals surface area contributed by atoms with Gasteiger partial charge >= 0.3 is 0 Å². The van der Waals surface area contributed by atoms with Crippen LogP contribution in [0.15, 0.2) is 72.8 Å². The highest BCUT2D eigenvalue weighted by molar-refractivity contribution is 5.94. The molecule has 0 bridgehead atoms. The number of phenolic OH excluding ortho intramolecular Hbond substituents is 1. The molecule has 1 aromatic heterocycles. The summed E-state index contributed by atoms with van der Waals surface area (Å²) in [5.74, 6) is 1.00. The minimum Gasteiger partial charge on any atom is -0.507 e. The summed E-state index contributed by atoms with van der Waals surface area (Å²) in [6.45, 7) is 2.82. The summed E-state index contributed by atoms with van der Waals surface area (Å²) in [5, 5.41) is 17.7. The first-order valence-electron chi connectivity index (χ1n) is 9.98. The summed E-state index contributed by atoms with van der Waals surface area (Å²) in [6.07, 6.45) is 0. The van der Waals surface area contributed by atoms with Crippen LogP contribution >= 0.6 is 0 Å². The Morgan fingerprint density at radius 3 is 2.35 bits per heavy atom. The Balaban J connectivity index is 1.80. The normalized spacial score (nSPS) is 10.8. The van der Waals surface area contributed by atoms with E-state index in [4.69, 9.17) is 10.7 Å². The molecule has 0 fully saturated rings. The summed E-state index contributed by atoms with van der Waals surface area (Å²) in [5.41, 5.74) is 9.27. The summed E-state index contributed by atoms with van der Waals surface area (Å²) < 4.78 is 1.73. The number of amides is 1. The smallest absolute Gasteiger partial charge is 0.251 e. The molecule has 1 heterocycles. The quantitative estimate of drug-likeness (QED) is 0.450. The number of nitrogens with two attached hydrogens (primary N) is 1. The fourth-order valence-corrected chi connectivity index (χ4v) is 3.31. The summed E-state index contributed by atoms with van der Waals surface area (Å²) in [7, 11) is 0. The lowest BCUT2D eigenvalue weighted by atomic mass is 10.1. The van der Waals surface area contributed by atoms with Crippen LogP contribution in [0, 0.1) is 6.92 Å². The highest BCUT2D eigenvalue weighted by atomic mass is 16.3. The van der Waals surface area contributed by atoms with Crippen molar-refractivity contribution in [1.29, 1.82) is 0 Å². The SMILES string of the molecule is Cc1ccccc1-c1nc(-c2ccccc2O)nn1-c1ccc(C(=O)NCCN)cc1. The van der Waals surface area contributed by atoms with Crippen molar-refractivity contribution in [1.82, 2.24) is 20.1 Å². The van der Waals surface area contributed by atoms with Crippen LogP contribution in [0.5, 0.6) is 5.75 Å². The molecule has 0 aliphatic rings. The average Bonchev–Trinajstić information content (AvgIpc) is 3.23. The zero-order valence-corrected chi connectivity index (χ0v) is 17.1. The molecule has 0 spiro atoms. The van der Waals surface area contributed by atoms with Crippen LogP contribution in [0.3, 0.4) is 0 Å². The highest BCUT2D eigenvalue weighted by Gasteiger charge is 2.18. The van der Waals surface area contributed by atoms with E-state index in [1.54, 1.807) is 35.0 Å². The van der Waals surface area contributed by atoms with Crippen LogP contribution in [0.1, 0.15) is 15.9 Å². The number of aryl methyl sites for hydroxylation is 1.